The van der Waals surface area contributed by atoms with Gasteiger partial charge in [0.15, 0.2) is 0 Å². The van der Waals surface area contributed by atoms with E-state index in [2.05, 4.69) is 13.8 Å². The largest absolute Gasteiger partial charge is 1.00 e. The maximum Gasteiger partial charge on any atom is 1.00 e. The average Bonchev–Trinajstić information content (AvgIpc) is 2.38. The monoisotopic (exact) mass is 334 g/mol. The fraction of sp³-hybridized carbons (Fsp3) is 0.308. The Bertz CT molecular complexity index is 372. The third-order valence-electron chi connectivity index (χ3n) is 2.14. The summed E-state index contributed by atoms with van der Waals surface area (Å²) < 4.78 is 0. The molecular weight excluding hydrogens is 319 g/mol. The summed E-state index contributed by atoms with van der Waals surface area (Å²) in [6, 6.07) is 5.48. The quantitative estimate of drug-likeness (QED) is 0.503. The third-order valence-corrected chi connectivity index (χ3v) is 2.67. The smallest absolute Gasteiger partial charge is 0.478 e. The van der Waals surface area contributed by atoms with E-state index in [1.54, 1.807) is 0 Å². The minimum Gasteiger partial charge on any atom is -0.478 e. The van der Waals surface area contributed by atoms with Gasteiger partial charge in [-0.2, -0.15) is 6.42 Å². The van der Waals surface area contributed by atoms with Crippen LogP contribution in [0.5, 0.6) is 0 Å². The number of carboxylic acids is 2. The first kappa shape index (κ1) is 20.3. The van der Waals surface area contributed by atoms with Crippen molar-refractivity contribution in [3.05, 3.63) is 42.3 Å². The molecule has 6 heteroatoms. The number of hydrogen-bond acceptors (Lipinski definition) is 2. The zero-order chi connectivity index (χ0) is 14.1. The second-order valence-electron chi connectivity index (χ2n) is 3.45. The van der Waals surface area contributed by atoms with Crippen LogP contribution in [-0.2, 0) is 17.1 Å². The van der Waals surface area contributed by atoms with Crippen molar-refractivity contribution in [3.8, 4) is 0 Å². The zero-order valence-electron chi connectivity index (χ0n) is 10.4. The van der Waals surface area contributed by atoms with E-state index in [0.717, 1.165) is 12.8 Å². The molecule has 0 bridgehead atoms. The van der Waals surface area contributed by atoms with Crippen LogP contribution in [0.15, 0.2) is 24.3 Å². The molecule has 1 atom stereocenters. The van der Waals surface area contributed by atoms with E-state index in [4.69, 9.17) is 21.8 Å². The first-order chi connectivity index (χ1) is 8.43. The number of rotatable bonds is 4. The Balaban J connectivity index is 0. The van der Waals surface area contributed by atoms with E-state index in [-0.39, 0.29) is 28.2 Å². The normalized spacial score (nSPS) is 10.5. The molecule has 2 N–H and O–H groups in total. The summed E-state index contributed by atoms with van der Waals surface area (Å²) in [5.41, 5.74) is -0.380. The maximum atomic E-state index is 10.5. The maximum absolute atomic E-state index is 10.5. The van der Waals surface area contributed by atoms with Gasteiger partial charge in [0, 0.05) is 5.38 Å². The van der Waals surface area contributed by atoms with Gasteiger partial charge in [-0.3, -0.25) is 0 Å². The van der Waals surface area contributed by atoms with Gasteiger partial charge in [-0.05, 0) is 18.6 Å². The number of benzene rings is 1. The molecule has 4 nitrogen and oxygen atoms in total. The molecule has 0 radical (unpaired) electrons. The van der Waals surface area contributed by atoms with Gasteiger partial charge in [0.2, 0.25) is 0 Å². The third kappa shape index (κ3) is 7.88. The molecule has 0 aliphatic heterocycles. The van der Waals surface area contributed by atoms with Crippen LogP contribution < -0.4 is 0 Å². The minimum absolute atomic E-state index is 0. The van der Waals surface area contributed by atoms with Gasteiger partial charge in [0.1, 0.15) is 0 Å². The topological polar surface area (TPSA) is 74.6 Å². The van der Waals surface area contributed by atoms with Crippen molar-refractivity contribution in [2.45, 2.75) is 25.1 Å². The minimum atomic E-state index is -1.23. The molecule has 1 aromatic carbocycles. The molecular formula is C13H16ClCuO4. The van der Waals surface area contributed by atoms with Crippen LogP contribution in [0.3, 0.4) is 0 Å². The Kier molecular flexibility index (Phi) is 11.6. The van der Waals surface area contributed by atoms with E-state index in [9.17, 15) is 9.59 Å². The van der Waals surface area contributed by atoms with Crippen LogP contribution in [0.4, 0.5) is 0 Å². The number of carbonyl (C=O) groups is 2. The van der Waals surface area contributed by atoms with Crippen molar-refractivity contribution in [3.63, 3.8) is 0 Å². The van der Waals surface area contributed by atoms with Crippen molar-refractivity contribution >= 4 is 23.5 Å². The predicted octanol–water partition coefficient (Wildman–Crippen LogP) is 3.31. The van der Waals surface area contributed by atoms with Gasteiger partial charge in [0.05, 0.1) is 11.1 Å². The number of alkyl halides is 1. The molecule has 0 aliphatic rings. The first-order valence-corrected chi connectivity index (χ1v) is 5.86. The first-order valence-electron chi connectivity index (χ1n) is 5.42. The number of hydrogen-bond donors (Lipinski definition) is 2. The van der Waals surface area contributed by atoms with E-state index in [0.29, 0.717) is 5.38 Å². The Morgan fingerprint density at radius 1 is 1.21 bits per heavy atom. The van der Waals surface area contributed by atoms with Crippen LogP contribution in [0.2, 0.25) is 0 Å². The standard InChI is InChI=1S/C8H6O4.C5H10Cl.Cu/c9-7(10)5-3-1-2-4-6(5)8(11)12;1-3-5(6)4-2;/h1-4H,(H,9,10)(H,11,12);5H,1,3-4H2,2H3;/q;-1;+1. The van der Waals surface area contributed by atoms with Gasteiger partial charge in [0.25, 0.3) is 0 Å². The zero-order valence-corrected chi connectivity index (χ0v) is 12.1. The Hall–Kier alpha value is -1.03. The van der Waals surface area contributed by atoms with Gasteiger partial charge >= 0.3 is 29.0 Å². The van der Waals surface area contributed by atoms with E-state index >= 15 is 0 Å². The van der Waals surface area contributed by atoms with Crippen molar-refractivity contribution in [2.24, 2.45) is 0 Å². The summed E-state index contributed by atoms with van der Waals surface area (Å²) in [6.07, 6.45) is 1.88. The van der Waals surface area contributed by atoms with Crippen molar-refractivity contribution < 1.29 is 36.9 Å². The fourth-order valence-corrected chi connectivity index (χ4v) is 1.06. The Morgan fingerprint density at radius 2 is 1.58 bits per heavy atom. The summed E-state index contributed by atoms with van der Waals surface area (Å²) >= 11 is 5.59. The molecule has 0 amide bonds. The van der Waals surface area contributed by atoms with Gasteiger partial charge < -0.3 is 17.1 Å². The predicted molar refractivity (Wildman–Crippen MR) is 70.3 cm³/mol. The summed E-state index contributed by atoms with van der Waals surface area (Å²) in [5.74, 6) is -2.46. The molecule has 19 heavy (non-hydrogen) atoms. The van der Waals surface area contributed by atoms with Crippen LogP contribution in [0.25, 0.3) is 0 Å². The summed E-state index contributed by atoms with van der Waals surface area (Å²) in [6.45, 7) is 5.68. The molecule has 0 heterocycles. The summed E-state index contributed by atoms with van der Waals surface area (Å²) in [7, 11) is 0. The van der Waals surface area contributed by atoms with Gasteiger partial charge in [-0.15, -0.1) is 11.6 Å². The fourth-order valence-electron chi connectivity index (χ4n) is 1.06. The van der Waals surface area contributed by atoms with E-state index in [1.165, 1.54) is 24.3 Å². The molecule has 1 rings (SSSR count). The van der Waals surface area contributed by atoms with Crippen LogP contribution in [0.1, 0.15) is 40.5 Å². The molecule has 0 aromatic heterocycles. The summed E-state index contributed by atoms with van der Waals surface area (Å²) in [4.78, 5) is 20.9. The Labute approximate surface area is 128 Å². The van der Waals surface area contributed by atoms with Crippen molar-refractivity contribution in [1.82, 2.24) is 0 Å². The van der Waals surface area contributed by atoms with E-state index < -0.39 is 11.9 Å². The molecule has 110 valence electrons. The van der Waals surface area contributed by atoms with Crippen LogP contribution >= 0.6 is 11.6 Å². The van der Waals surface area contributed by atoms with Crippen molar-refractivity contribution in [2.75, 3.05) is 0 Å². The molecule has 0 spiro atoms. The molecule has 1 aromatic rings. The van der Waals surface area contributed by atoms with E-state index in [1.807, 2.05) is 0 Å². The summed E-state index contributed by atoms with van der Waals surface area (Å²) in [5, 5.41) is 17.4. The number of carboxylic acid groups (broad SMARTS) is 2. The SMILES string of the molecule is O=C(O)c1ccccc1C(=O)O.[CH2-]CC(Cl)CC.[Cu+]. The van der Waals surface area contributed by atoms with Gasteiger partial charge in [-0.25, -0.2) is 9.59 Å². The van der Waals surface area contributed by atoms with Crippen molar-refractivity contribution in [1.29, 1.82) is 0 Å². The van der Waals surface area contributed by atoms with Crippen LogP contribution in [-0.4, -0.2) is 27.5 Å². The molecule has 0 fully saturated rings. The second-order valence-corrected chi connectivity index (χ2v) is 4.07. The van der Waals surface area contributed by atoms with Gasteiger partial charge in [-0.1, -0.05) is 19.1 Å². The number of aromatic carboxylic acids is 2. The second kappa shape index (κ2) is 10.9. The Morgan fingerprint density at radius 3 is 1.74 bits per heavy atom. The van der Waals surface area contributed by atoms with Crippen LogP contribution in [0, 0.1) is 6.92 Å². The molecule has 0 saturated heterocycles. The average molecular weight is 335 g/mol. The molecule has 0 saturated carbocycles. The molecule has 1 unspecified atom stereocenters. The number of halogens is 1. The molecule has 0 aliphatic carbocycles.